The van der Waals surface area contributed by atoms with Gasteiger partial charge in [0, 0.05) is 5.02 Å². The van der Waals surface area contributed by atoms with E-state index in [0.29, 0.717) is 21.2 Å². The van der Waals surface area contributed by atoms with Crippen LogP contribution in [0.3, 0.4) is 0 Å². The molecule has 3 aromatic rings. The lowest BCUT2D eigenvalue weighted by Crippen LogP contribution is -2.35. The summed E-state index contributed by atoms with van der Waals surface area (Å²) >= 11 is 7.36. The number of fused-ring (bicyclic) bond motifs is 1. The van der Waals surface area contributed by atoms with Crippen molar-refractivity contribution in [3.63, 3.8) is 0 Å². The van der Waals surface area contributed by atoms with Crippen molar-refractivity contribution in [2.45, 2.75) is 25.4 Å². The van der Waals surface area contributed by atoms with Crippen LogP contribution >= 0.6 is 22.9 Å². The van der Waals surface area contributed by atoms with Gasteiger partial charge in [0.15, 0.2) is 0 Å². The molecule has 1 aromatic carbocycles. The molecule has 1 amide bonds. The molecule has 5 nitrogen and oxygen atoms in total. The molecule has 1 aliphatic carbocycles. The van der Waals surface area contributed by atoms with Crippen LogP contribution in [0.25, 0.3) is 10.2 Å². The molecular weight excluding hydrogens is 358 g/mol. The van der Waals surface area contributed by atoms with Gasteiger partial charge in [-0.2, -0.15) is 0 Å². The predicted molar refractivity (Wildman–Crippen MR) is 98.9 cm³/mol. The fourth-order valence-corrected chi connectivity index (χ4v) is 3.80. The van der Waals surface area contributed by atoms with E-state index < -0.39 is 0 Å². The Hall–Kier alpha value is -2.18. The standard InChI is InChI=1S/C18H16ClN3O2S/c19-13-5-3-12(4-6-13)16(11-1-2-11)21-15(23)9-22-10-20-17-14(18(22)24)7-8-25-17/h3-8,10-11,16H,1-2,9H2,(H,21,23)/t16-/m1/s1. The number of thiophene rings is 1. The maximum absolute atomic E-state index is 12.5. The van der Waals surface area contributed by atoms with Gasteiger partial charge in [-0.05, 0) is 47.9 Å². The molecule has 2 aromatic heterocycles. The van der Waals surface area contributed by atoms with Gasteiger partial charge in [-0.15, -0.1) is 11.3 Å². The van der Waals surface area contributed by atoms with Crippen LogP contribution in [0.1, 0.15) is 24.4 Å². The van der Waals surface area contributed by atoms with Crippen molar-refractivity contribution in [2.24, 2.45) is 5.92 Å². The number of rotatable bonds is 5. The van der Waals surface area contributed by atoms with E-state index in [4.69, 9.17) is 11.6 Å². The minimum Gasteiger partial charge on any atom is -0.347 e. The Balaban J connectivity index is 1.52. The van der Waals surface area contributed by atoms with Crippen molar-refractivity contribution < 1.29 is 4.79 Å². The summed E-state index contributed by atoms with van der Waals surface area (Å²) in [5.41, 5.74) is 0.856. The van der Waals surface area contributed by atoms with Crippen LogP contribution in [0, 0.1) is 5.92 Å². The predicted octanol–water partition coefficient (Wildman–Crippen LogP) is 3.38. The molecule has 0 aliphatic heterocycles. The second-order valence-electron chi connectivity index (χ2n) is 6.25. The fourth-order valence-electron chi connectivity index (χ4n) is 2.95. The summed E-state index contributed by atoms with van der Waals surface area (Å²) < 4.78 is 1.36. The lowest BCUT2D eigenvalue weighted by molar-refractivity contribution is -0.122. The number of nitrogens with one attached hydrogen (secondary N) is 1. The highest BCUT2D eigenvalue weighted by Gasteiger charge is 2.33. The number of nitrogens with zero attached hydrogens (tertiary/aromatic N) is 2. The molecule has 1 saturated carbocycles. The van der Waals surface area contributed by atoms with E-state index in [1.807, 2.05) is 29.6 Å². The van der Waals surface area contributed by atoms with Crippen LogP contribution in [0.4, 0.5) is 0 Å². The van der Waals surface area contributed by atoms with Gasteiger partial charge in [-0.25, -0.2) is 4.98 Å². The molecule has 0 radical (unpaired) electrons. The maximum Gasteiger partial charge on any atom is 0.262 e. The second kappa shape index (κ2) is 6.61. The summed E-state index contributed by atoms with van der Waals surface area (Å²) in [6, 6.07) is 9.24. The number of benzene rings is 1. The summed E-state index contributed by atoms with van der Waals surface area (Å²) in [4.78, 5) is 29.8. The molecule has 0 saturated heterocycles. The van der Waals surface area contributed by atoms with Gasteiger partial charge in [-0.3, -0.25) is 14.2 Å². The van der Waals surface area contributed by atoms with Crippen molar-refractivity contribution in [3.05, 3.63) is 63.0 Å². The highest BCUT2D eigenvalue weighted by Crippen LogP contribution is 2.41. The Morgan fingerprint density at radius 1 is 1.32 bits per heavy atom. The van der Waals surface area contributed by atoms with Crippen molar-refractivity contribution >= 4 is 39.1 Å². The number of halogens is 1. The molecule has 25 heavy (non-hydrogen) atoms. The second-order valence-corrected chi connectivity index (χ2v) is 7.58. The number of aromatic nitrogens is 2. The molecule has 4 rings (SSSR count). The van der Waals surface area contributed by atoms with E-state index in [-0.39, 0.29) is 24.1 Å². The summed E-state index contributed by atoms with van der Waals surface area (Å²) in [6.45, 7) is -0.0333. The van der Waals surface area contributed by atoms with E-state index in [0.717, 1.165) is 18.4 Å². The Morgan fingerprint density at radius 2 is 2.08 bits per heavy atom. The average molecular weight is 374 g/mol. The first-order valence-electron chi connectivity index (χ1n) is 8.09. The molecule has 1 fully saturated rings. The first kappa shape index (κ1) is 16.3. The first-order valence-corrected chi connectivity index (χ1v) is 9.35. The third-order valence-electron chi connectivity index (χ3n) is 4.40. The van der Waals surface area contributed by atoms with Crippen molar-refractivity contribution in [1.82, 2.24) is 14.9 Å². The third kappa shape index (κ3) is 3.45. The van der Waals surface area contributed by atoms with E-state index >= 15 is 0 Å². The normalized spacial score (nSPS) is 15.2. The largest absolute Gasteiger partial charge is 0.347 e. The summed E-state index contributed by atoms with van der Waals surface area (Å²) in [6.07, 6.45) is 3.63. The number of carbonyl (C=O) groups is 1. The number of carbonyl (C=O) groups excluding carboxylic acids is 1. The zero-order valence-corrected chi connectivity index (χ0v) is 14.9. The molecular formula is C18H16ClN3O2S. The Bertz CT molecular complexity index is 976. The molecule has 0 spiro atoms. The molecule has 0 bridgehead atoms. The van der Waals surface area contributed by atoms with Crippen LogP contribution in [-0.2, 0) is 11.3 Å². The van der Waals surface area contributed by atoms with Gasteiger partial charge in [0.2, 0.25) is 5.91 Å². The minimum absolute atomic E-state index is 0.0333. The highest BCUT2D eigenvalue weighted by molar-refractivity contribution is 7.16. The minimum atomic E-state index is -0.190. The van der Waals surface area contributed by atoms with Crippen LogP contribution in [-0.4, -0.2) is 15.5 Å². The molecule has 2 heterocycles. The number of hydrogen-bond acceptors (Lipinski definition) is 4. The zero-order chi connectivity index (χ0) is 17.4. The van der Waals surface area contributed by atoms with Crippen molar-refractivity contribution in [1.29, 1.82) is 0 Å². The lowest BCUT2D eigenvalue weighted by atomic mass is 10.0. The molecule has 128 valence electrons. The Kier molecular flexibility index (Phi) is 4.31. The Morgan fingerprint density at radius 3 is 2.80 bits per heavy atom. The summed E-state index contributed by atoms with van der Waals surface area (Å²) in [5, 5.41) is 6.12. The highest BCUT2D eigenvalue weighted by atomic mass is 35.5. The molecule has 1 atom stereocenters. The van der Waals surface area contributed by atoms with Gasteiger partial charge in [0.1, 0.15) is 11.4 Å². The molecule has 1 N–H and O–H groups in total. The van der Waals surface area contributed by atoms with Gasteiger partial charge in [0.25, 0.3) is 5.56 Å². The van der Waals surface area contributed by atoms with Crippen LogP contribution < -0.4 is 10.9 Å². The topological polar surface area (TPSA) is 64.0 Å². The van der Waals surface area contributed by atoms with Crippen LogP contribution in [0.5, 0.6) is 0 Å². The van der Waals surface area contributed by atoms with Crippen LogP contribution in [0.15, 0.2) is 46.8 Å². The van der Waals surface area contributed by atoms with Gasteiger partial charge in [-0.1, -0.05) is 23.7 Å². The van der Waals surface area contributed by atoms with Gasteiger partial charge in [0.05, 0.1) is 17.8 Å². The molecule has 1 aliphatic rings. The zero-order valence-electron chi connectivity index (χ0n) is 13.3. The van der Waals surface area contributed by atoms with E-state index in [2.05, 4.69) is 10.3 Å². The first-order chi connectivity index (χ1) is 12.1. The summed E-state index contributed by atoms with van der Waals surface area (Å²) in [5.74, 6) is 0.254. The summed E-state index contributed by atoms with van der Waals surface area (Å²) in [7, 11) is 0. The molecule has 7 heteroatoms. The van der Waals surface area contributed by atoms with E-state index in [1.165, 1.54) is 22.2 Å². The van der Waals surface area contributed by atoms with Gasteiger partial charge < -0.3 is 5.32 Å². The number of amides is 1. The van der Waals surface area contributed by atoms with E-state index in [9.17, 15) is 9.59 Å². The third-order valence-corrected chi connectivity index (χ3v) is 5.48. The van der Waals surface area contributed by atoms with Crippen LogP contribution in [0.2, 0.25) is 5.02 Å². The maximum atomic E-state index is 12.5. The van der Waals surface area contributed by atoms with Crippen molar-refractivity contribution in [2.75, 3.05) is 0 Å². The lowest BCUT2D eigenvalue weighted by Gasteiger charge is -2.19. The molecule has 0 unspecified atom stereocenters. The smallest absolute Gasteiger partial charge is 0.262 e. The number of hydrogen-bond donors (Lipinski definition) is 1. The SMILES string of the molecule is O=C(Cn1cnc2sccc2c1=O)N[C@@H](c1ccc(Cl)cc1)C1CC1. The van der Waals surface area contributed by atoms with Crippen molar-refractivity contribution in [3.8, 4) is 0 Å². The monoisotopic (exact) mass is 373 g/mol. The quantitative estimate of drug-likeness (QED) is 0.745. The van der Waals surface area contributed by atoms with Gasteiger partial charge >= 0.3 is 0 Å². The average Bonchev–Trinajstić information content (AvgIpc) is 3.33. The van der Waals surface area contributed by atoms with E-state index in [1.54, 1.807) is 6.07 Å². The Labute approximate surface area is 153 Å². The fraction of sp³-hybridized carbons (Fsp3) is 0.278.